The molecule has 2 fully saturated rings. The molecule has 2 aromatic rings. The van der Waals surface area contributed by atoms with Crippen LogP contribution in [0.3, 0.4) is 0 Å². The minimum atomic E-state index is -3.12. The van der Waals surface area contributed by atoms with E-state index in [1.165, 1.54) is 0 Å². The lowest BCUT2D eigenvalue weighted by Gasteiger charge is -2.33. The molecule has 182 valence electrons. The van der Waals surface area contributed by atoms with E-state index in [1.54, 1.807) is 11.0 Å². The summed E-state index contributed by atoms with van der Waals surface area (Å²) in [6.45, 7) is -0.707. The second-order valence-corrected chi connectivity index (χ2v) is 11.2. The Morgan fingerprint density at radius 3 is 2.29 bits per heavy atom. The number of carbonyl (C=O) groups excluding carboxylic acids is 2. The average Bonchev–Trinajstić information content (AvgIpc) is 3.48. The average molecular weight is 486 g/mol. The summed E-state index contributed by atoms with van der Waals surface area (Å²) in [5.41, 5.74) is 2.08. The molecule has 1 saturated heterocycles. The zero-order chi connectivity index (χ0) is 24.0. The van der Waals surface area contributed by atoms with Crippen molar-refractivity contribution in [2.24, 2.45) is 0 Å². The van der Waals surface area contributed by atoms with Crippen molar-refractivity contribution in [1.29, 1.82) is 0 Å². The fraction of sp³-hybridized carbons (Fsp3) is 0.462. The molecule has 1 atom stereocenters. The molecule has 34 heavy (non-hydrogen) atoms. The SMILES string of the molecule is O=C(COc1ccccc1Cc1ccccc1)OCC(=O)N(C1CCCC1)C1CCS(=O)(=O)C1. The van der Waals surface area contributed by atoms with E-state index in [0.717, 1.165) is 36.8 Å². The van der Waals surface area contributed by atoms with E-state index < -0.39 is 22.4 Å². The maximum Gasteiger partial charge on any atom is 0.344 e. The largest absolute Gasteiger partial charge is 0.482 e. The molecule has 1 amide bonds. The van der Waals surface area contributed by atoms with Gasteiger partial charge in [0.1, 0.15) is 5.75 Å². The zero-order valence-corrected chi connectivity index (χ0v) is 20.0. The summed E-state index contributed by atoms with van der Waals surface area (Å²) in [7, 11) is -3.12. The zero-order valence-electron chi connectivity index (χ0n) is 19.2. The Kier molecular flexibility index (Phi) is 7.88. The number of para-hydroxylation sites is 1. The van der Waals surface area contributed by atoms with Crippen LogP contribution in [0.1, 0.15) is 43.2 Å². The molecular formula is C26H31NO6S. The third-order valence-electron chi connectivity index (χ3n) is 6.52. The molecule has 1 aliphatic heterocycles. The Balaban J connectivity index is 1.31. The van der Waals surface area contributed by atoms with Gasteiger partial charge in [0, 0.05) is 18.5 Å². The molecule has 2 aliphatic rings. The monoisotopic (exact) mass is 485 g/mol. The molecule has 1 aliphatic carbocycles. The van der Waals surface area contributed by atoms with Gasteiger partial charge in [-0.3, -0.25) is 4.79 Å². The molecule has 0 bridgehead atoms. The predicted octanol–water partition coefficient (Wildman–Crippen LogP) is 3.16. The van der Waals surface area contributed by atoms with Crippen LogP contribution in [0.4, 0.5) is 0 Å². The molecule has 0 N–H and O–H groups in total. The highest BCUT2D eigenvalue weighted by molar-refractivity contribution is 7.91. The van der Waals surface area contributed by atoms with Crippen LogP contribution in [0.2, 0.25) is 0 Å². The molecule has 8 heteroatoms. The molecule has 0 radical (unpaired) electrons. The van der Waals surface area contributed by atoms with Gasteiger partial charge in [0.25, 0.3) is 5.91 Å². The summed E-state index contributed by atoms with van der Waals surface area (Å²) < 4.78 is 34.9. The van der Waals surface area contributed by atoms with Crippen LogP contribution in [0, 0.1) is 0 Å². The van der Waals surface area contributed by atoms with Gasteiger partial charge in [0.2, 0.25) is 0 Å². The summed E-state index contributed by atoms with van der Waals surface area (Å²) >= 11 is 0. The van der Waals surface area contributed by atoms with Gasteiger partial charge in [0.05, 0.1) is 11.5 Å². The Hall–Kier alpha value is -2.87. The molecule has 7 nitrogen and oxygen atoms in total. The van der Waals surface area contributed by atoms with Gasteiger partial charge in [-0.15, -0.1) is 0 Å². The lowest BCUT2D eigenvalue weighted by Crippen LogP contribution is -2.48. The number of ether oxygens (including phenoxy) is 2. The standard InChI is InChI=1S/C26H31NO6S/c28-25(27(22-11-5-6-12-22)23-14-15-34(30,31)19-23)17-33-26(29)18-32-24-13-7-4-10-21(24)16-20-8-2-1-3-9-20/h1-4,7-10,13,22-23H,5-6,11-12,14-19H2. The number of esters is 1. The molecule has 4 rings (SSSR count). The van der Waals surface area contributed by atoms with E-state index in [0.29, 0.717) is 18.6 Å². The van der Waals surface area contributed by atoms with Crippen molar-refractivity contribution in [1.82, 2.24) is 4.90 Å². The summed E-state index contributed by atoms with van der Waals surface area (Å²) in [4.78, 5) is 27.0. The summed E-state index contributed by atoms with van der Waals surface area (Å²) in [6, 6.07) is 17.2. The summed E-state index contributed by atoms with van der Waals surface area (Å²) in [5, 5.41) is 0. The number of hydrogen-bond donors (Lipinski definition) is 0. The first-order valence-corrected chi connectivity index (χ1v) is 13.7. The van der Waals surface area contributed by atoms with Crippen LogP contribution in [0.15, 0.2) is 54.6 Å². The third-order valence-corrected chi connectivity index (χ3v) is 8.27. The topological polar surface area (TPSA) is 90.0 Å². The predicted molar refractivity (Wildman–Crippen MR) is 128 cm³/mol. The highest BCUT2D eigenvalue weighted by Crippen LogP contribution is 2.29. The smallest absolute Gasteiger partial charge is 0.344 e. The van der Waals surface area contributed by atoms with Crippen LogP contribution >= 0.6 is 0 Å². The van der Waals surface area contributed by atoms with Crippen LogP contribution in [-0.4, -0.2) is 62.0 Å². The number of hydrogen-bond acceptors (Lipinski definition) is 6. The number of sulfone groups is 1. The lowest BCUT2D eigenvalue weighted by molar-refractivity contribution is -0.155. The van der Waals surface area contributed by atoms with Gasteiger partial charge in [-0.25, -0.2) is 13.2 Å². The van der Waals surface area contributed by atoms with E-state index in [2.05, 4.69) is 0 Å². The first kappa shape index (κ1) is 24.3. The van der Waals surface area contributed by atoms with Crippen molar-refractivity contribution >= 4 is 21.7 Å². The number of amides is 1. The van der Waals surface area contributed by atoms with Crippen LogP contribution in [0.5, 0.6) is 5.75 Å². The van der Waals surface area contributed by atoms with Crippen molar-refractivity contribution < 1.29 is 27.5 Å². The van der Waals surface area contributed by atoms with E-state index in [1.807, 2.05) is 48.5 Å². The highest BCUT2D eigenvalue weighted by atomic mass is 32.2. The number of nitrogens with zero attached hydrogens (tertiary/aromatic N) is 1. The number of carbonyl (C=O) groups is 2. The summed E-state index contributed by atoms with van der Waals surface area (Å²) in [5.74, 6) is -0.271. The highest BCUT2D eigenvalue weighted by Gasteiger charge is 2.39. The van der Waals surface area contributed by atoms with Crippen LogP contribution in [0.25, 0.3) is 0 Å². The molecule has 1 saturated carbocycles. The Labute approximate surface area is 201 Å². The van der Waals surface area contributed by atoms with E-state index in [4.69, 9.17) is 9.47 Å². The first-order chi connectivity index (χ1) is 16.4. The lowest BCUT2D eigenvalue weighted by atomic mass is 10.0. The minimum absolute atomic E-state index is 0.00943. The minimum Gasteiger partial charge on any atom is -0.482 e. The number of rotatable bonds is 9. The fourth-order valence-electron chi connectivity index (χ4n) is 4.88. The van der Waals surface area contributed by atoms with Crippen molar-refractivity contribution in [3.63, 3.8) is 0 Å². The molecule has 1 heterocycles. The Morgan fingerprint density at radius 2 is 1.59 bits per heavy atom. The fourth-order valence-corrected chi connectivity index (χ4v) is 6.60. The second-order valence-electron chi connectivity index (χ2n) is 9.02. The van der Waals surface area contributed by atoms with Gasteiger partial charge in [-0.05, 0) is 36.5 Å². The van der Waals surface area contributed by atoms with Gasteiger partial charge in [0.15, 0.2) is 23.1 Å². The molecule has 2 aromatic carbocycles. The van der Waals surface area contributed by atoms with E-state index >= 15 is 0 Å². The quantitative estimate of drug-likeness (QED) is 0.507. The van der Waals surface area contributed by atoms with Gasteiger partial charge < -0.3 is 14.4 Å². The van der Waals surface area contributed by atoms with E-state index in [9.17, 15) is 18.0 Å². The van der Waals surface area contributed by atoms with Gasteiger partial charge in [-0.1, -0.05) is 61.4 Å². The van der Waals surface area contributed by atoms with Crippen molar-refractivity contribution in [2.45, 2.75) is 50.6 Å². The van der Waals surface area contributed by atoms with Crippen molar-refractivity contribution in [3.8, 4) is 5.75 Å². The van der Waals surface area contributed by atoms with E-state index in [-0.39, 0.29) is 36.1 Å². The van der Waals surface area contributed by atoms with Crippen LogP contribution < -0.4 is 4.74 Å². The molecule has 0 spiro atoms. The van der Waals surface area contributed by atoms with Gasteiger partial charge in [-0.2, -0.15) is 0 Å². The number of benzene rings is 2. The van der Waals surface area contributed by atoms with Crippen LogP contribution in [-0.2, 0) is 30.6 Å². The maximum atomic E-state index is 13.0. The first-order valence-electron chi connectivity index (χ1n) is 11.8. The molecular weight excluding hydrogens is 454 g/mol. The van der Waals surface area contributed by atoms with Gasteiger partial charge >= 0.3 is 5.97 Å². The molecule has 1 unspecified atom stereocenters. The second kappa shape index (κ2) is 11.0. The Bertz CT molecular complexity index is 1100. The normalized spacial score (nSPS) is 19.6. The van der Waals surface area contributed by atoms with Crippen molar-refractivity contribution in [3.05, 3.63) is 65.7 Å². The Morgan fingerprint density at radius 1 is 0.882 bits per heavy atom. The summed E-state index contributed by atoms with van der Waals surface area (Å²) in [6.07, 6.45) is 4.87. The third kappa shape index (κ3) is 6.38. The molecule has 0 aromatic heterocycles. The maximum absolute atomic E-state index is 13.0. The van der Waals surface area contributed by atoms with Crippen molar-refractivity contribution in [2.75, 3.05) is 24.7 Å².